The molecule has 168 valence electrons. The Hall–Kier alpha value is -2.94. The molecule has 32 heavy (non-hydrogen) atoms. The summed E-state index contributed by atoms with van der Waals surface area (Å²) in [6.45, 7) is 7.17. The number of hydrogen-bond donors (Lipinski definition) is 1. The fourth-order valence-corrected chi connectivity index (χ4v) is 3.46. The van der Waals surface area contributed by atoms with E-state index in [4.69, 9.17) is 4.74 Å². The molecule has 1 aliphatic carbocycles. The SMILES string of the molecule is CC(C(=O)Nc1cc(C2CC2)nn1C(=O)OC(C)(C)C)c1cnn(-c2ccc(Br)cc2)c1. The molecular formula is C23H26BrN5O3. The molecule has 1 aliphatic rings. The van der Waals surface area contributed by atoms with Crippen molar-refractivity contribution < 1.29 is 14.3 Å². The molecule has 1 amide bonds. The van der Waals surface area contributed by atoms with E-state index in [9.17, 15) is 9.59 Å². The number of halogens is 1. The lowest BCUT2D eigenvalue weighted by atomic mass is 10.0. The Bertz CT molecular complexity index is 1140. The normalized spacial score (nSPS) is 14.8. The van der Waals surface area contributed by atoms with E-state index < -0.39 is 17.6 Å². The average Bonchev–Trinajstić information content (AvgIpc) is 3.30. The third kappa shape index (κ3) is 5.09. The van der Waals surface area contributed by atoms with E-state index in [2.05, 4.69) is 31.4 Å². The van der Waals surface area contributed by atoms with Crippen LogP contribution in [0.4, 0.5) is 10.6 Å². The van der Waals surface area contributed by atoms with E-state index >= 15 is 0 Å². The van der Waals surface area contributed by atoms with Crippen molar-refractivity contribution >= 4 is 33.7 Å². The number of hydrogen-bond acceptors (Lipinski definition) is 5. The summed E-state index contributed by atoms with van der Waals surface area (Å²) in [5, 5.41) is 11.6. The molecule has 9 heteroatoms. The molecule has 2 aromatic heterocycles. The Labute approximate surface area is 195 Å². The predicted molar refractivity (Wildman–Crippen MR) is 124 cm³/mol. The van der Waals surface area contributed by atoms with Gasteiger partial charge in [0, 0.05) is 28.2 Å². The number of benzene rings is 1. The van der Waals surface area contributed by atoms with Crippen molar-refractivity contribution in [1.29, 1.82) is 0 Å². The first-order valence-corrected chi connectivity index (χ1v) is 11.3. The van der Waals surface area contributed by atoms with Gasteiger partial charge >= 0.3 is 6.09 Å². The maximum atomic E-state index is 13.0. The summed E-state index contributed by atoms with van der Waals surface area (Å²) >= 11 is 3.42. The number of carbonyl (C=O) groups excluding carboxylic acids is 2. The number of anilines is 1. The van der Waals surface area contributed by atoms with Gasteiger partial charge in [-0.3, -0.25) is 4.79 Å². The van der Waals surface area contributed by atoms with E-state index in [-0.39, 0.29) is 5.91 Å². The fourth-order valence-electron chi connectivity index (χ4n) is 3.19. The molecule has 1 saturated carbocycles. The molecule has 0 spiro atoms. The van der Waals surface area contributed by atoms with Crippen LogP contribution in [0.3, 0.4) is 0 Å². The zero-order valence-corrected chi connectivity index (χ0v) is 20.1. The average molecular weight is 500 g/mol. The molecule has 0 aliphatic heterocycles. The van der Waals surface area contributed by atoms with E-state index in [0.29, 0.717) is 11.7 Å². The molecule has 0 bridgehead atoms. The molecular weight excluding hydrogens is 474 g/mol. The van der Waals surface area contributed by atoms with Crippen LogP contribution in [-0.4, -0.2) is 37.2 Å². The van der Waals surface area contributed by atoms with Gasteiger partial charge < -0.3 is 10.1 Å². The van der Waals surface area contributed by atoms with Gasteiger partial charge in [-0.25, -0.2) is 9.48 Å². The Kier molecular flexibility index (Phi) is 5.94. The highest BCUT2D eigenvalue weighted by Crippen LogP contribution is 2.40. The van der Waals surface area contributed by atoms with Crippen molar-refractivity contribution in [2.24, 2.45) is 0 Å². The molecule has 1 fully saturated rings. The van der Waals surface area contributed by atoms with Gasteiger partial charge in [-0.2, -0.15) is 10.2 Å². The van der Waals surface area contributed by atoms with Gasteiger partial charge in [0.1, 0.15) is 11.4 Å². The standard InChI is InChI=1S/C23H26BrN5O3/c1-14(16-12-25-28(13-16)18-9-7-17(24)8-10-18)21(30)26-20-11-19(15-5-6-15)27-29(20)22(31)32-23(2,3)4/h7-15H,5-6H2,1-4H3,(H,26,30). The van der Waals surface area contributed by atoms with Crippen molar-refractivity contribution in [3.8, 4) is 5.69 Å². The zero-order valence-electron chi connectivity index (χ0n) is 18.5. The van der Waals surface area contributed by atoms with Gasteiger partial charge in [0.25, 0.3) is 0 Å². The lowest BCUT2D eigenvalue weighted by Gasteiger charge is -2.20. The summed E-state index contributed by atoms with van der Waals surface area (Å²) < 4.78 is 9.31. The molecule has 0 radical (unpaired) electrons. The first kappa shape index (κ1) is 22.3. The maximum Gasteiger partial charge on any atom is 0.437 e. The minimum Gasteiger partial charge on any atom is -0.442 e. The van der Waals surface area contributed by atoms with Gasteiger partial charge in [0.2, 0.25) is 5.91 Å². The van der Waals surface area contributed by atoms with Crippen molar-refractivity contribution in [1.82, 2.24) is 19.6 Å². The summed E-state index contributed by atoms with van der Waals surface area (Å²) in [5.74, 6) is -0.0906. The predicted octanol–water partition coefficient (Wildman–Crippen LogP) is 5.23. The monoisotopic (exact) mass is 499 g/mol. The Morgan fingerprint density at radius 2 is 1.91 bits per heavy atom. The summed E-state index contributed by atoms with van der Waals surface area (Å²) in [5.41, 5.74) is 1.78. The third-order valence-electron chi connectivity index (χ3n) is 5.13. The number of nitrogens with one attached hydrogen (secondary N) is 1. The molecule has 8 nitrogen and oxygen atoms in total. The molecule has 4 rings (SSSR count). The highest BCUT2D eigenvalue weighted by Gasteiger charge is 2.31. The topological polar surface area (TPSA) is 91.0 Å². The molecule has 1 atom stereocenters. The van der Waals surface area contributed by atoms with Crippen LogP contribution in [0.1, 0.15) is 63.6 Å². The van der Waals surface area contributed by atoms with E-state index in [0.717, 1.165) is 38.9 Å². The highest BCUT2D eigenvalue weighted by atomic mass is 79.9. The summed E-state index contributed by atoms with van der Waals surface area (Å²) in [4.78, 5) is 25.7. The van der Waals surface area contributed by atoms with Gasteiger partial charge in [-0.05, 0) is 64.8 Å². The number of aromatic nitrogens is 4. The second-order valence-corrected chi connectivity index (χ2v) is 9.94. The minimum absolute atomic E-state index is 0.257. The van der Waals surface area contributed by atoms with Crippen LogP contribution in [0.2, 0.25) is 0 Å². The smallest absolute Gasteiger partial charge is 0.437 e. The highest BCUT2D eigenvalue weighted by molar-refractivity contribution is 9.10. The van der Waals surface area contributed by atoms with Crippen LogP contribution in [0, 0.1) is 0 Å². The molecule has 1 unspecified atom stereocenters. The largest absolute Gasteiger partial charge is 0.442 e. The van der Waals surface area contributed by atoms with Crippen molar-refractivity contribution in [3.05, 3.63) is 58.5 Å². The van der Waals surface area contributed by atoms with Gasteiger partial charge in [-0.1, -0.05) is 15.9 Å². The van der Waals surface area contributed by atoms with Crippen LogP contribution in [0.5, 0.6) is 0 Å². The molecule has 3 aromatic rings. The van der Waals surface area contributed by atoms with Crippen LogP contribution in [0.25, 0.3) is 5.69 Å². The van der Waals surface area contributed by atoms with Crippen LogP contribution in [0.15, 0.2) is 47.2 Å². The minimum atomic E-state index is -0.668. The first-order valence-electron chi connectivity index (χ1n) is 10.6. The van der Waals surface area contributed by atoms with E-state index in [1.54, 1.807) is 44.6 Å². The van der Waals surface area contributed by atoms with E-state index in [1.165, 1.54) is 0 Å². The molecule has 1 aromatic carbocycles. The zero-order chi connectivity index (χ0) is 23.0. The second kappa shape index (κ2) is 8.54. The maximum absolute atomic E-state index is 13.0. The van der Waals surface area contributed by atoms with E-state index in [1.807, 2.05) is 30.5 Å². The second-order valence-electron chi connectivity index (χ2n) is 9.03. The summed E-state index contributed by atoms with van der Waals surface area (Å²) in [6, 6.07) is 9.50. The van der Waals surface area contributed by atoms with Crippen LogP contribution < -0.4 is 5.32 Å². The fraction of sp³-hybridized carbons (Fsp3) is 0.391. The van der Waals surface area contributed by atoms with Crippen LogP contribution in [-0.2, 0) is 9.53 Å². The number of rotatable bonds is 5. The lowest BCUT2D eigenvalue weighted by Crippen LogP contribution is -2.29. The molecule has 2 heterocycles. The summed E-state index contributed by atoms with van der Waals surface area (Å²) in [6.07, 6.45) is 4.95. The molecule has 1 N–H and O–H groups in total. The van der Waals surface area contributed by atoms with Crippen LogP contribution >= 0.6 is 15.9 Å². The Morgan fingerprint density at radius 3 is 2.53 bits per heavy atom. The molecule has 0 saturated heterocycles. The van der Waals surface area contributed by atoms with Crippen molar-refractivity contribution in [2.75, 3.05) is 5.32 Å². The number of nitrogens with zero attached hydrogens (tertiary/aromatic N) is 4. The van der Waals surface area contributed by atoms with Gasteiger partial charge in [0.05, 0.1) is 23.5 Å². The van der Waals surface area contributed by atoms with Gasteiger partial charge in [-0.15, -0.1) is 4.68 Å². The number of carbonyl (C=O) groups is 2. The Balaban J connectivity index is 1.52. The Morgan fingerprint density at radius 1 is 1.22 bits per heavy atom. The summed E-state index contributed by atoms with van der Waals surface area (Å²) in [7, 11) is 0. The van der Waals surface area contributed by atoms with Crippen molar-refractivity contribution in [2.45, 2.75) is 58.0 Å². The van der Waals surface area contributed by atoms with Crippen molar-refractivity contribution in [3.63, 3.8) is 0 Å². The number of amides is 1. The quantitative estimate of drug-likeness (QED) is 0.518. The lowest BCUT2D eigenvalue weighted by molar-refractivity contribution is -0.117. The first-order chi connectivity index (χ1) is 15.1. The third-order valence-corrected chi connectivity index (χ3v) is 5.66. The number of ether oxygens (including phenoxy) is 1. The van der Waals surface area contributed by atoms with Gasteiger partial charge in [0.15, 0.2) is 0 Å².